The molecule has 21 heavy (non-hydrogen) atoms. The van der Waals surface area contributed by atoms with Gasteiger partial charge >= 0.3 is 0 Å². The van der Waals surface area contributed by atoms with Crippen LogP contribution in [0.4, 0.5) is 10.3 Å². The standard InChI is InChI=1S/C16H14FN3O/c1-9-12-7-10(11-4-6-15(21)13(17)8-11)3-5-14(12)20-16(18-2)19-9/h3-8,21H,1-2H3,(H,18,19,20). The molecular weight excluding hydrogens is 269 g/mol. The second-order valence-electron chi connectivity index (χ2n) is 4.78. The van der Waals surface area contributed by atoms with Crippen molar-refractivity contribution in [3.05, 3.63) is 47.9 Å². The normalized spacial score (nSPS) is 10.8. The maximum Gasteiger partial charge on any atom is 0.223 e. The molecule has 0 saturated carbocycles. The van der Waals surface area contributed by atoms with E-state index in [1.54, 1.807) is 13.1 Å². The van der Waals surface area contributed by atoms with E-state index >= 15 is 0 Å². The third kappa shape index (κ3) is 2.38. The molecule has 0 amide bonds. The zero-order valence-electron chi connectivity index (χ0n) is 11.7. The number of benzene rings is 2. The maximum absolute atomic E-state index is 13.5. The highest BCUT2D eigenvalue weighted by Gasteiger charge is 2.08. The Morgan fingerprint density at radius 1 is 1.05 bits per heavy atom. The SMILES string of the molecule is CNc1nc(C)c2cc(-c3ccc(O)c(F)c3)ccc2n1. The number of fused-ring (bicyclic) bond motifs is 1. The molecule has 2 N–H and O–H groups in total. The third-order valence-corrected chi connectivity index (χ3v) is 3.39. The summed E-state index contributed by atoms with van der Waals surface area (Å²) in [4.78, 5) is 8.73. The second-order valence-corrected chi connectivity index (χ2v) is 4.78. The van der Waals surface area contributed by atoms with Crippen LogP contribution < -0.4 is 5.32 Å². The predicted octanol–water partition coefficient (Wildman–Crippen LogP) is 3.49. The van der Waals surface area contributed by atoms with Gasteiger partial charge in [-0.1, -0.05) is 12.1 Å². The molecule has 0 unspecified atom stereocenters. The Morgan fingerprint density at radius 3 is 2.48 bits per heavy atom. The molecule has 0 aliphatic heterocycles. The Kier molecular flexibility index (Phi) is 3.17. The highest BCUT2D eigenvalue weighted by molar-refractivity contribution is 5.87. The molecule has 0 bridgehead atoms. The van der Waals surface area contributed by atoms with Gasteiger partial charge in [-0.05, 0) is 42.3 Å². The van der Waals surface area contributed by atoms with Crippen LogP contribution in [0.15, 0.2) is 36.4 Å². The molecule has 5 heteroatoms. The van der Waals surface area contributed by atoms with Crippen molar-refractivity contribution in [1.29, 1.82) is 0 Å². The van der Waals surface area contributed by atoms with Crippen LogP contribution in [0, 0.1) is 12.7 Å². The fraction of sp³-hybridized carbons (Fsp3) is 0.125. The van der Waals surface area contributed by atoms with E-state index in [1.807, 2.05) is 25.1 Å². The van der Waals surface area contributed by atoms with E-state index in [9.17, 15) is 9.50 Å². The van der Waals surface area contributed by atoms with E-state index in [0.717, 1.165) is 22.2 Å². The number of phenols is 1. The number of aromatic nitrogens is 2. The average molecular weight is 283 g/mol. The van der Waals surface area contributed by atoms with Gasteiger partial charge in [0.15, 0.2) is 11.6 Å². The van der Waals surface area contributed by atoms with Gasteiger partial charge in [0.25, 0.3) is 0 Å². The summed E-state index contributed by atoms with van der Waals surface area (Å²) in [6.45, 7) is 1.91. The lowest BCUT2D eigenvalue weighted by Gasteiger charge is -2.08. The van der Waals surface area contributed by atoms with Gasteiger partial charge in [-0.3, -0.25) is 0 Å². The molecule has 0 atom stereocenters. The summed E-state index contributed by atoms with van der Waals surface area (Å²) in [5, 5.41) is 13.1. The summed E-state index contributed by atoms with van der Waals surface area (Å²) in [5.41, 5.74) is 3.23. The lowest BCUT2D eigenvalue weighted by molar-refractivity contribution is 0.432. The minimum absolute atomic E-state index is 0.349. The first-order valence-electron chi connectivity index (χ1n) is 6.53. The van der Waals surface area contributed by atoms with Gasteiger partial charge in [0.1, 0.15) is 0 Å². The van der Waals surface area contributed by atoms with E-state index in [4.69, 9.17) is 0 Å². The Balaban J connectivity index is 2.16. The number of nitrogens with zero attached hydrogens (tertiary/aromatic N) is 2. The predicted molar refractivity (Wildman–Crippen MR) is 80.9 cm³/mol. The number of aryl methyl sites for hydroxylation is 1. The molecule has 2 aromatic carbocycles. The summed E-state index contributed by atoms with van der Waals surface area (Å²) >= 11 is 0. The van der Waals surface area contributed by atoms with Crippen molar-refractivity contribution in [2.75, 3.05) is 12.4 Å². The van der Waals surface area contributed by atoms with Crippen molar-refractivity contribution in [3.63, 3.8) is 0 Å². The number of phenolic OH excluding ortho intramolecular Hbond substituents is 1. The Labute approximate surface area is 121 Å². The minimum Gasteiger partial charge on any atom is -0.505 e. The molecule has 0 aliphatic rings. The topological polar surface area (TPSA) is 58.0 Å². The van der Waals surface area contributed by atoms with E-state index in [1.165, 1.54) is 12.1 Å². The van der Waals surface area contributed by atoms with E-state index in [2.05, 4.69) is 15.3 Å². The van der Waals surface area contributed by atoms with Crippen molar-refractivity contribution >= 4 is 16.9 Å². The Morgan fingerprint density at radius 2 is 1.76 bits per heavy atom. The summed E-state index contributed by atoms with van der Waals surface area (Å²) < 4.78 is 13.5. The van der Waals surface area contributed by atoms with Crippen LogP contribution in [0.1, 0.15) is 5.69 Å². The summed E-state index contributed by atoms with van der Waals surface area (Å²) in [6, 6.07) is 10.0. The Hall–Kier alpha value is -2.69. The zero-order chi connectivity index (χ0) is 15.0. The lowest BCUT2D eigenvalue weighted by Crippen LogP contribution is -1.98. The quantitative estimate of drug-likeness (QED) is 0.756. The molecule has 1 aromatic heterocycles. The monoisotopic (exact) mass is 283 g/mol. The molecule has 0 aliphatic carbocycles. The van der Waals surface area contributed by atoms with Gasteiger partial charge in [0, 0.05) is 12.4 Å². The van der Waals surface area contributed by atoms with E-state index in [-0.39, 0.29) is 5.75 Å². The van der Waals surface area contributed by atoms with Crippen molar-refractivity contribution in [1.82, 2.24) is 9.97 Å². The molecular formula is C16H14FN3O. The molecule has 0 radical (unpaired) electrons. The molecule has 1 heterocycles. The zero-order valence-corrected chi connectivity index (χ0v) is 11.7. The summed E-state index contributed by atoms with van der Waals surface area (Å²) in [5.74, 6) is -0.410. The van der Waals surface area contributed by atoms with Gasteiger partial charge in [-0.2, -0.15) is 0 Å². The smallest absolute Gasteiger partial charge is 0.223 e. The fourth-order valence-corrected chi connectivity index (χ4v) is 2.26. The number of hydrogen-bond acceptors (Lipinski definition) is 4. The first-order chi connectivity index (χ1) is 10.1. The third-order valence-electron chi connectivity index (χ3n) is 3.39. The number of hydrogen-bond donors (Lipinski definition) is 2. The van der Waals surface area contributed by atoms with Crippen molar-refractivity contribution in [3.8, 4) is 16.9 Å². The number of anilines is 1. The molecule has 3 aromatic rings. The minimum atomic E-state index is -0.633. The van der Waals surface area contributed by atoms with Crippen molar-refractivity contribution in [2.24, 2.45) is 0 Å². The molecule has 0 spiro atoms. The second kappa shape index (κ2) is 5.01. The highest BCUT2D eigenvalue weighted by Crippen LogP contribution is 2.28. The van der Waals surface area contributed by atoms with Gasteiger partial charge in [0.2, 0.25) is 5.95 Å². The van der Waals surface area contributed by atoms with Crippen LogP contribution in [0.3, 0.4) is 0 Å². The molecule has 3 rings (SSSR count). The van der Waals surface area contributed by atoms with Crippen molar-refractivity contribution < 1.29 is 9.50 Å². The van der Waals surface area contributed by atoms with Crippen LogP contribution in [0.25, 0.3) is 22.0 Å². The molecule has 106 valence electrons. The van der Waals surface area contributed by atoms with Crippen molar-refractivity contribution in [2.45, 2.75) is 6.92 Å². The van der Waals surface area contributed by atoms with Gasteiger partial charge in [0.05, 0.1) is 11.2 Å². The molecule has 0 saturated heterocycles. The molecule has 4 nitrogen and oxygen atoms in total. The summed E-state index contributed by atoms with van der Waals surface area (Å²) in [6.07, 6.45) is 0. The first kappa shape index (κ1) is 13.3. The Bertz CT molecular complexity index is 833. The molecule has 0 fully saturated rings. The largest absolute Gasteiger partial charge is 0.505 e. The lowest BCUT2D eigenvalue weighted by atomic mass is 10.0. The number of nitrogens with one attached hydrogen (secondary N) is 1. The first-order valence-corrected chi connectivity index (χ1v) is 6.53. The number of rotatable bonds is 2. The van der Waals surface area contributed by atoms with Gasteiger partial charge < -0.3 is 10.4 Å². The number of aromatic hydroxyl groups is 1. The van der Waals surface area contributed by atoms with Crippen LogP contribution in [-0.4, -0.2) is 22.1 Å². The van der Waals surface area contributed by atoms with E-state index < -0.39 is 5.82 Å². The maximum atomic E-state index is 13.5. The van der Waals surface area contributed by atoms with Gasteiger partial charge in [-0.15, -0.1) is 0 Å². The van der Waals surface area contributed by atoms with Crippen LogP contribution in [0.2, 0.25) is 0 Å². The van der Waals surface area contributed by atoms with Gasteiger partial charge in [-0.25, -0.2) is 14.4 Å². The highest BCUT2D eigenvalue weighted by atomic mass is 19.1. The fourth-order valence-electron chi connectivity index (χ4n) is 2.26. The average Bonchev–Trinajstić information content (AvgIpc) is 2.49. The van der Waals surface area contributed by atoms with Crippen LogP contribution in [0.5, 0.6) is 5.75 Å². The summed E-state index contributed by atoms with van der Waals surface area (Å²) in [7, 11) is 1.77. The van der Waals surface area contributed by atoms with Crippen LogP contribution in [-0.2, 0) is 0 Å². The van der Waals surface area contributed by atoms with E-state index in [0.29, 0.717) is 11.5 Å². The number of halogens is 1. The van der Waals surface area contributed by atoms with Crippen LogP contribution >= 0.6 is 0 Å².